The predicted octanol–water partition coefficient (Wildman–Crippen LogP) is 3.92. The average molecular weight is 445 g/mol. The van der Waals surface area contributed by atoms with E-state index in [0.29, 0.717) is 51.8 Å². The van der Waals surface area contributed by atoms with Gasteiger partial charge < -0.3 is 20.5 Å². The molecule has 0 aliphatic carbocycles. The number of primary amides is 1. The largest absolute Gasteiger partial charge is 0.366 e. The van der Waals surface area contributed by atoms with Crippen molar-refractivity contribution in [2.45, 2.75) is 6.92 Å². The molecule has 3 N–H and O–H groups in total. The molecule has 0 atom stereocenters. The molecule has 33 heavy (non-hydrogen) atoms. The molecule has 2 heterocycles. The Kier molecular flexibility index (Phi) is 5.13. The molecule has 1 aliphatic rings. The summed E-state index contributed by atoms with van der Waals surface area (Å²) in [5, 5.41) is 1.52. The van der Waals surface area contributed by atoms with Gasteiger partial charge in [0.15, 0.2) is 0 Å². The molecular formula is C26H25FN4O2. The van der Waals surface area contributed by atoms with Gasteiger partial charge in [-0.05, 0) is 49.9 Å². The van der Waals surface area contributed by atoms with Crippen molar-refractivity contribution in [3.8, 4) is 11.1 Å². The van der Waals surface area contributed by atoms with Gasteiger partial charge in [0.05, 0.1) is 11.1 Å². The van der Waals surface area contributed by atoms with E-state index in [-0.39, 0.29) is 11.7 Å². The van der Waals surface area contributed by atoms with Crippen LogP contribution in [-0.4, -0.2) is 59.8 Å². The second-order valence-electron chi connectivity index (χ2n) is 8.74. The highest BCUT2D eigenvalue weighted by Crippen LogP contribution is 2.38. The summed E-state index contributed by atoms with van der Waals surface area (Å²) in [6.07, 6.45) is 0. The highest BCUT2D eigenvalue weighted by atomic mass is 19.1. The molecule has 0 radical (unpaired) electrons. The number of carbonyl (C=O) groups is 2. The number of aromatic nitrogens is 1. The smallest absolute Gasteiger partial charge is 0.254 e. The number of halogens is 1. The average Bonchev–Trinajstić information content (AvgIpc) is 3.18. The summed E-state index contributed by atoms with van der Waals surface area (Å²) >= 11 is 0. The molecule has 1 saturated heterocycles. The first-order chi connectivity index (χ1) is 15.8. The van der Waals surface area contributed by atoms with Crippen LogP contribution in [0.5, 0.6) is 0 Å². The maximum absolute atomic E-state index is 14.8. The number of hydrogen-bond donors (Lipinski definition) is 2. The van der Waals surface area contributed by atoms with Crippen molar-refractivity contribution >= 4 is 33.6 Å². The molecule has 0 saturated carbocycles. The van der Waals surface area contributed by atoms with Gasteiger partial charge in [0, 0.05) is 53.6 Å². The van der Waals surface area contributed by atoms with Gasteiger partial charge in [-0.2, -0.15) is 0 Å². The first-order valence-electron chi connectivity index (χ1n) is 11.0. The van der Waals surface area contributed by atoms with E-state index in [4.69, 9.17) is 5.73 Å². The number of nitrogens with zero attached hydrogens (tertiary/aromatic N) is 2. The Morgan fingerprint density at radius 2 is 1.73 bits per heavy atom. The van der Waals surface area contributed by atoms with Gasteiger partial charge in [0.1, 0.15) is 5.82 Å². The van der Waals surface area contributed by atoms with E-state index in [9.17, 15) is 14.0 Å². The fourth-order valence-electron chi connectivity index (χ4n) is 4.61. The van der Waals surface area contributed by atoms with Crippen LogP contribution in [0.25, 0.3) is 32.9 Å². The topological polar surface area (TPSA) is 82.4 Å². The number of benzene rings is 3. The van der Waals surface area contributed by atoms with Crippen LogP contribution in [0.2, 0.25) is 0 Å². The molecule has 5 rings (SSSR count). The van der Waals surface area contributed by atoms with Gasteiger partial charge in [-0.15, -0.1) is 0 Å². The first kappa shape index (κ1) is 21.2. The number of aryl methyl sites for hydroxylation is 1. The number of aromatic amines is 1. The van der Waals surface area contributed by atoms with E-state index in [2.05, 4.69) is 9.88 Å². The first-order valence-corrected chi connectivity index (χ1v) is 11.0. The van der Waals surface area contributed by atoms with Crippen molar-refractivity contribution in [2.24, 2.45) is 5.73 Å². The van der Waals surface area contributed by atoms with Gasteiger partial charge in [-0.25, -0.2) is 4.39 Å². The van der Waals surface area contributed by atoms with Crippen LogP contribution in [0.4, 0.5) is 4.39 Å². The molecular weight excluding hydrogens is 419 g/mol. The fraction of sp³-hybridized carbons (Fsp3) is 0.231. The molecule has 7 heteroatoms. The van der Waals surface area contributed by atoms with Gasteiger partial charge >= 0.3 is 0 Å². The molecule has 0 spiro atoms. The van der Waals surface area contributed by atoms with Crippen LogP contribution < -0.4 is 5.73 Å². The number of carbonyl (C=O) groups excluding carboxylic acids is 2. The number of fused-ring (bicyclic) bond motifs is 3. The van der Waals surface area contributed by atoms with Gasteiger partial charge in [0.2, 0.25) is 0 Å². The molecule has 2 amide bonds. The zero-order valence-electron chi connectivity index (χ0n) is 18.6. The van der Waals surface area contributed by atoms with Crippen LogP contribution >= 0.6 is 0 Å². The number of rotatable bonds is 3. The van der Waals surface area contributed by atoms with E-state index in [1.165, 1.54) is 6.07 Å². The summed E-state index contributed by atoms with van der Waals surface area (Å²) in [7, 11) is 2.04. The standard InChI is InChI=1S/C26H25FN4O2/c1-15-3-8-21(27)20(13-15)17-6-7-19(25(28)32)24-23(17)18-5-4-16(14-22(18)29-24)26(33)31-11-9-30(2)10-12-31/h3-8,13-14,29H,9-12H2,1-2H3,(H2,28,32). The molecule has 168 valence electrons. The lowest BCUT2D eigenvalue weighted by molar-refractivity contribution is 0.0664. The van der Waals surface area contributed by atoms with Crippen molar-refractivity contribution in [1.29, 1.82) is 0 Å². The minimum Gasteiger partial charge on any atom is -0.366 e. The van der Waals surface area contributed by atoms with Crippen molar-refractivity contribution in [1.82, 2.24) is 14.8 Å². The summed E-state index contributed by atoms with van der Waals surface area (Å²) in [6.45, 7) is 4.95. The minimum absolute atomic E-state index is 0.0243. The second-order valence-corrected chi connectivity index (χ2v) is 8.74. The van der Waals surface area contributed by atoms with Crippen molar-refractivity contribution in [3.63, 3.8) is 0 Å². The van der Waals surface area contributed by atoms with Crippen LogP contribution in [0, 0.1) is 12.7 Å². The summed E-state index contributed by atoms with van der Waals surface area (Å²) in [5.74, 6) is -0.940. The lowest BCUT2D eigenvalue weighted by Gasteiger charge is -2.32. The Bertz CT molecular complexity index is 1420. The third kappa shape index (κ3) is 3.64. The highest BCUT2D eigenvalue weighted by Gasteiger charge is 2.22. The normalized spacial score (nSPS) is 14.8. The zero-order valence-corrected chi connectivity index (χ0v) is 18.6. The van der Waals surface area contributed by atoms with E-state index in [0.717, 1.165) is 24.0 Å². The number of likely N-dealkylation sites (N-methyl/N-ethyl adjacent to an activating group) is 1. The Morgan fingerprint density at radius 1 is 0.970 bits per heavy atom. The molecule has 0 unspecified atom stereocenters. The zero-order chi connectivity index (χ0) is 23.3. The lowest BCUT2D eigenvalue weighted by Crippen LogP contribution is -2.47. The SMILES string of the molecule is Cc1ccc(F)c(-c2ccc(C(N)=O)c3[nH]c4cc(C(=O)N5CCN(C)CC5)ccc4c23)c1. The summed E-state index contributed by atoms with van der Waals surface area (Å²) < 4.78 is 14.8. The van der Waals surface area contributed by atoms with Crippen molar-refractivity contribution < 1.29 is 14.0 Å². The highest BCUT2D eigenvalue weighted by molar-refractivity contribution is 6.20. The molecule has 1 aliphatic heterocycles. The van der Waals surface area contributed by atoms with Crippen molar-refractivity contribution in [2.75, 3.05) is 33.2 Å². The van der Waals surface area contributed by atoms with E-state index >= 15 is 0 Å². The Labute approximate surface area is 190 Å². The molecule has 6 nitrogen and oxygen atoms in total. The second kappa shape index (κ2) is 8.01. The number of H-pyrrole nitrogens is 1. The Balaban J connectivity index is 1.69. The number of nitrogens with one attached hydrogen (secondary N) is 1. The van der Waals surface area contributed by atoms with Gasteiger partial charge in [0.25, 0.3) is 11.8 Å². The fourth-order valence-corrected chi connectivity index (χ4v) is 4.61. The summed E-state index contributed by atoms with van der Waals surface area (Å²) in [6, 6.07) is 13.8. The maximum atomic E-state index is 14.8. The monoisotopic (exact) mass is 444 g/mol. The minimum atomic E-state index is -0.573. The number of amides is 2. The Hall–Kier alpha value is -3.71. The van der Waals surface area contributed by atoms with Crippen LogP contribution in [0.1, 0.15) is 26.3 Å². The van der Waals surface area contributed by atoms with Gasteiger partial charge in [-0.3, -0.25) is 9.59 Å². The van der Waals surface area contributed by atoms with Crippen LogP contribution in [0.3, 0.4) is 0 Å². The number of piperazine rings is 1. The maximum Gasteiger partial charge on any atom is 0.254 e. The third-order valence-electron chi connectivity index (χ3n) is 6.47. The summed E-state index contributed by atoms with van der Waals surface area (Å²) in [4.78, 5) is 32.5. The van der Waals surface area contributed by atoms with E-state index < -0.39 is 5.91 Å². The quantitative estimate of drug-likeness (QED) is 0.502. The number of hydrogen-bond acceptors (Lipinski definition) is 3. The molecule has 1 aromatic heterocycles. The number of nitrogens with two attached hydrogens (primary N) is 1. The molecule has 3 aromatic carbocycles. The molecule has 4 aromatic rings. The summed E-state index contributed by atoms with van der Waals surface area (Å²) in [5.41, 5.74) is 9.82. The third-order valence-corrected chi connectivity index (χ3v) is 6.47. The van der Waals surface area contributed by atoms with Gasteiger partial charge in [-0.1, -0.05) is 23.8 Å². The van der Waals surface area contributed by atoms with Crippen molar-refractivity contribution in [3.05, 3.63) is 71.0 Å². The predicted molar refractivity (Wildman–Crippen MR) is 128 cm³/mol. The molecule has 0 bridgehead atoms. The van der Waals surface area contributed by atoms with E-state index in [1.807, 2.05) is 24.9 Å². The Morgan fingerprint density at radius 3 is 2.45 bits per heavy atom. The van der Waals surface area contributed by atoms with E-state index in [1.54, 1.807) is 36.4 Å². The van der Waals surface area contributed by atoms with Crippen LogP contribution in [0.15, 0.2) is 48.5 Å². The lowest BCUT2D eigenvalue weighted by atomic mass is 9.95. The molecule has 1 fully saturated rings. The van der Waals surface area contributed by atoms with Crippen LogP contribution in [-0.2, 0) is 0 Å².